The number of hydrogen-bond acceptors (Lipinski definition) is 4. The number of carbonyl (C=O) groups is 1. The predicted octanol–water partition coefficient (Wildman–Crippen LogP) is 1.02. The van der Waals surface area contributed by atoms with Crippen molar-refractivity contribution in [3.05, 3.63) is 12.3 Å². The number of carbonyl (C=O) groups excluding carboxylic acids is 1. The maximum Gasteiger partial charge on any atom is 0.237 e. The van der Waals surface area contributed by atoms with Crippen LogP contribution in [0.25, 0.3) is 0 Å². The number of nitrogens with one attached hydrogen (secondary N) is 1. The van der Waals surface area contributed by atoms with E-state index in [1.165, 1.54) is 0 Å². The third-order valence-electron chi connectivity index (χ3n) is 3.86. The molecule has 1 amide bonds. The fourth-order valence-electron chi connectivity index (χ4n) is 2.66. The smallest absolute Gasteiger partial charge is 0.237 e. The van der Waals surface area contributed by atoms with Gasteiger partial charge in [0.1, 0.15) is 5.82 Å². The van der Waals surface area contributed by atoms with E-state index in [0.29, 0.717) is 11.9 Å². The molecule has 0 spiro atoms. The summed E-state index contributed by atoms with van der Waals surface area (Å²) in [5.74, 6) is 0.680. The van der Waals surface area contributed by atoms with Gasteiger partial charge in [0.2, 0.25) is 5.91 Å². The molecule has 1 saturated heterocycles. The van der Waals surface area contributed by atoms with E-state index in [1.54, 1.807) is 0 Å². The third kappa shape index (κ3) is 3.50. The first-order chi connectivity index (χ1) is 9.47. The number of piperidine rings is 1. The summed E-state index contributed by atoms with van der Waals surface area (Å²) in [6.45, 7) is 7.77. The van der Waals surface area contributed by atoms with Crippen molar-refractivity contribution in [2.24, 2.45) is 0 Å². The third-order valence-corrected chi connectivity index (χ3v) is 3.86. The number of hydrogen-bond donors (Lipinski definition) is 2. The van der Waals surface area contributed by atoms with Crippen LogP contribution in [-0.4, -0.2) is 45.8 Å². The molecule has 6 heteroatoms. The number of rotatable bonds is 4. The Labute approximate surface area is 120 Å². The molecule has 0 saturated carbocycles. The van der Waals surface area contributed by atoms with E-state index in [4.69, 9.17) is 5.73 Å². The van der Waals surface area contributed by atoms with Crippen molar-refractivity contribution in [3.8, 4) is 0 Å². The Bertz CT molecular complexity index is 448. The van der Waals surface area contributed by atoms with Crippen LogP contribution in [0.4, 0.5) is 5.82 Å². The maximum atomic E-state index is 12.0. The van der Waals surface area contributed by atoms with Gasteiger partial charge in [-0.3, -0.25) is 14.4 Å². The van der Waals surface area contributed by atoms with E-state index in [1.807, 2.05) is 37.7 Å². The zero-order valence-corrected chi connectivity index (χ0v) is 12.5. The highest BCUT2D eigenvalue weighted by molar-refractivity contribution is 5.81. The van der Waals surface area contributed by atoms with Crippen LogP contribution in [0, 0.1) is 0 Å². The van der Waals surface area contributed by atoms with Gasteiger partial charge in [0, 0.05) is 25.3 Å². The molecule has 0 aromatic carbocycles. The first-order valence-corrected chi connectivity index (χ1v) is 7.32. The molecule has 1 unspecified atom stereocenters. The normalized spacial score (nSPS) is 19.2. The molecule has 1 atom stereocenters. The van der Waals surface area contributed by atoms with Crippen LogP contribution in [0.15, 0.2) is 12.3 Å². The molecule has 1 aromatic rings. The molecule has 1 aliphatic rings. The second-order valence-electron chi connectivity index (χ2n) is 5.83. The van der Waals surface area contributed by atoms with Crippen molar-refractivity contribution in [1.29, 1.82) is 0 Å². The van der Waals surface area contributed by atoms with Crippen LogP contribution in [-0.2, 0) is 4.79 Å². The largest absolute Gasteiger partial charge is 0.382 e. The number of nitrogens with two attached hydrogens (primary N) is 1. The Morgan fingerprint density at radius 2 is 2.05 bits per heavy atom. The fourth-order valence-corrected chi connectivity index (χ4v) is 2.66. The van der Waals surface area contributed by atoms with Crippen LogP contribution >= 0.6 is 0 Å². The van der Waals surface area contributed by atoms with E-state index >= 15 is 0 Å². The molecule has 1 aliphatic heterocycles. The quantitative estimate of drug-likeness (QED) is 0.862. The van der Waals surface area contributed by atoms with Crippen molar-refractivity contribution < 1.29 is 4.79 Å². The molecule has 0 bridgehead atoms. The molecule has 20 heavy (non-hydrogen) atoms. The van der Waals surface area contributed by atoms with E-state index < -0.39 is 0 Å². The molecule has 2 rings (SSSR count). The lowest BCUT2D eigenvalue weighted by Gasteiger charge is -2.35. The lowest BCUT2D eigenvalue weighted by Crippen LogP contribution is -2.49. The van der Waals surface area contributed by atoms with Gasteiger partial charge >= 0.3 is 0 Å². The number of anilines is 1. The second kappa shape index (κ2) is 6.26. The van der Waals surface area contributed by atoms with Gasteiger partial charge in [-0.15, -0.1) is 0 Å². The number of nitrogen functional groups attached to an aromatic ring is 1. The number of aromatic nitrogens is 2. The highest BCUT2D eigenvalue weighted by atomic mass is 16.2. The van der Waals surface area contributed by atoms with Crippen molar-refractivity contribution in [2.75, 3.05) is 18.8 Å². The van der Waals surface area contributed by atoms with Gasteiger partial charge < -0.3 is 11.1 Å². The summed E-state index contributed by atoms with van der Waals surface area (Å²) < 4.78 is 1.95. The average molecular weight is 279 g/mol. The van der Waals surface area contributed by atoms with Gasteiger partial charge in [0.15, 0.2) is 0 Å². The minimum absolute atomic E-state index is 0.0685. The van der Waals surface area contributed by atoms with Gasteiger partial charge in [-0.1, -0.05) is 0 Å². The highest BCUT2D eigenvalue weighted by Crippen LogP contribution is 2.23. The van der Waals surface area contributed by atoms with Gasteiger partial charge in [0.05, 0.1) is 12.1 Å². The summed E-state index contributed by atoms with van der Waals surface area (Å²) in [7, 11) is 0. The summed E-state index contributed by atoms with van der Waals surface area (Å²) in [6.07, 6.45) is 3.94. The zero-order chi connectivity index (χ0) is 14.7. The maximum absolute atomic E-state index is 12.0. The summed E-state index contributed by atoms with van der Waals surface area (Å²) in [6, 6.07) is 2.34. The molecular weight excluding hydrogens is 254 g/mol. The summed E-state index contributed by atoms with van der Waals surface area (Å²) in [5, 5.41) is 7.25. The molecule has 0 aliphatic carbocycles. The van der Waals surface area contributed by atoms with Crippen LogP contribution in [0.3, 0.4) is 0 Å². The predicted molar refractivity (Wildman–Crippen MR) is 79.2 cm³/mol. The topological polar surface area (TPSA) is 76.2 Å². The molecule has 1 aromatic heterocycles. The Kier molecular flexibility index (Phi) is 4.65. The summed E-state index contributed by atoms with van der Waals surface area (Å²) in [4.78, 5) is 14.3. The van der Waals surface area contributed by atoms with Crippen LogP contribution in [0.2, 0.25) is 0 Å². The molecule has 6 nitrogen and oxygen atoms in total. The average Bonchev–Trinajstić information content (AvgIpc) is 2.84. The van der Waals surface area contributed by atoms with E-state index in [0.717, 1.165) is 25.9 Å². The van der Waals surface area contributed by atoms with Gasteiger partial charge in [-0.05, 0) is 39.7 Å². The standard InChI is InChI=1S/C14H25N5O/c1-10(2)16-14(20)11(3)18-7-4-12(5-8-18)19-9-6-13(15)17-19/h6,9-12H,4-5,7-8H2,1-3H3,(H2,15,17)(H,16,20). The van der Waals surface area contributed by atoms with Crippen molar-refractivity contribution in [3.63, 3.8) is 0 Å². The van der Waals surface area contributed by atoms with Gasteiger partial charge in [-0.25, -0.2) is 0 Å². The van der Waals surface area contributed by atoms with Crippen molar-refractivity contribution >= 4 is 11.7 Å². The molecule has 3 N–H and O–H groups in total. The monoisotopic (exact) mass is 279 g/mol. The van der Waals surface area contributed by atoms with Crippen LogP contribution < -0.4 is 11.1 Å². The minimum atomic E-state index is -0.0685. The molecule has 112 valence electrons. The Morgan fingerprint density at radius 3 is 2.55 bits per heavy atom. The Balaban J connectivity index is 1.86. The molecule has 2 heterocycles. The first-order valence-electron chi connectivity index (χ1n) is 7.32. The van der Waals surface area contributed by atoms with Gasteiger partial charge in [0.25, 0.3) is 0 Å². The van der Waals surface area contributed by atoms with Crippen molar-refractivity contribution in [1.82, 2.24) is 20.0 Å². The van der Waals surface area contributed by atoms with Crippen LogP contribution in [0.5, 0.6) is 0 Å². The molecular formula is C14H25N5O. The number of amides is 1. The summed E-state index contributed by atoms with van der Waals surface area (Å²) in [5.41, 5.74) is 5.65. The highest BCUT2D eigenvalue weighted by Gasteiger charge is 2.27. The number of nitrogens with zero attached hydrogens (tertiary/aromatic N) is 3. The minimum Gasteiger partial charge on any atom is -0.382 e. The summed E-state index contributed by atoms with van der Waals surface area (Å²) >= 11 is 0. The van der Waals surface area contributed by atoms with Crippen LogP contribution in [0.1, 0.15) is 39.7 Å². The SMILES string of the molecule is CC(C)NC(=O)C(C)N1CCC(n2ccc(N)n2)CC1. The second-order valence-corrected chi connectivity index (χ2v) is 5.83. The van der Waals surface area contributed by atoms with Crippen molar-refractivity contribution in [2.45, 2.75) is 51.7 Å². The Morgan fingerprint density at radius 1 is 1.40 bits per heavy atom. The Hall–Kier alpha value is -1.56. The van der Waals surface area contributed by atoms with Gasteiger partial charge in [-0.2, -0.15) is 5.10 Å². The van der Waals surface area contributed by atoms with E-state index in [-0.39, 0.29) is 18.0 Å². The lowest BCUT2D eigenvalue weighted by molar-refractivity contribution is -0.126. The fraction of sp³-hybridized carbons (Fsp3) is 0.714. The number of likely N-dealkylation sites (tertiary alicyclic amines) is 1. The molecule has 1 fully saturated rings. The lowest BCUT2D eigenvalue weighted by atomic mass is 10.0. The zero-order valence-electron chi connectivity index (χ0n) is 12.5. The van der Waals surface area contributed by atoms with E-state index in [9.17, 15) is 4.79 Å². The van der Waals surface area contributed by atoms with E-state index in [2.05, 4.69) is 15.3 Å². The molecule has 0 radical (unpaired) electrons. The first kappa shape index (κ1) is 14.8.